The monoisotopic (exact) mass is 475 g/mol. The van der Waals surface area contributed by atoms with Crippen molar-refractivity contribution in [3.8, 4) is 0 Å². The highest BCUT2D eigenvalue weighted by Crippen LogP contribution is 2.55. The van der Waals surface area contributed by atoms with Crippen molar-refractivity contribution in [3.63, 3.8) is 0 Å². The lowest BCUT2D eigenvalue weighted by molar-refractivity contribution is -0.144. The van der Waals surface area contributed by atoms with Gasteiger partial charge >= 0.3 is 0 Å². The molecular formula is C25H25N5O5. The average molecular weight is 476 g/mol. The van der Waals surface area contributed by atoms with Crippen molar-refractivity contribution < 1.29 is 19.8 Å². The Morgan fingerprint density at radius 3 is 2.57 bits per heavy atom. The van der Waals surface area contributed by atoms with Crippen LogP contribution < -0.4 is 15.8 Å². The van der Waals surface area contributed by atoms with Gasteiger partial charge in [0.15, 0.2) is 5.82 Å². The molecule has 6 heterocycles. The maximum Gasteiger partial charge on any atom is 0.262 e. The van der Waals surface area contributed by atoms with E-state index in [-0.39, 0.29) is 30.4 Å². The Labute approximate surface area is 200 Å². The Bertz CT molecular complexity index is 1450. The fourth-order valence-corrected chi connectivity index (χ4v) is 6.03. The molecule has 0 spiro atoms. The van der Waals surface area contributed by atoms with E-state index in [0.29, 0.717) is 28.0 Å². The molecule has 2 fully saturated rings. The van der Waals surface area contributed by atoms with Gasteiger partial charge in [0.2, 0.25) is 11.8 Å². The van der Waals surface area contributed by atoms with E-state index >= 15 is 0 Å². The van der Waals surface area contributed by atoms with Gasteiger partial charge in [-0.15, -0.1) is 0 Å². The van der Waals surface area contributed by atoms with Gasteiger partial charge in [0.05, 0.1) is 22.6 Å². The summed E-state index contributed by atoms with van der Waals surface area (Å²) in [7, 11) is 0. The molecule has 3 N–H and O–H groups in total. The number of aliphatic hydroxyl groups excluding tert-OH is 1. The quantitative estimate of drug-likeness (QED) is 0.437. The Morgan fingerprint density at radius 1 is 1.11 bits per heavy atom. The minimum Gasteiger partial charge on any atom is -0.397 e. The zero-order chi connectivity index (χ0) is 24.6. The fraction of sp³-hybridized carbons (Fsp3) is 0.360. The van der Waals surface area contributed by atoms with E-state index in [9.17, 15) is 19.5 Å². The summed E-state index contributed by atoms with van der Waals surface area (Å²) >= 11 is 0. The molecule has 0 saturated carbocycles. The second-order valence-electron chi connectivity index (χ2n) is 9.26. The highest BCUT2D eigenvalue weighted by atomic mass is 16.3. The zero-order valence-corrected chi connectivity index (χ0v) is 19.3. The lowest BCUT2D eigenvalue weighted by atomic mass is 9.83. The van der Waals surface area contributed by atoms with Crippen LogP contribution >= 0.6 is 0 Å². The van der Waals surface area contributed by atoms with Crippen LogP contribution in [-0.4, -0.2) is 55.3 Å². The molecule has 0 radical (unpaired) electrons. The number of aliphatic hydroxyl groups is 2. The number of hydrogen-bond donors (Lipinski definition) is 3. The number of rotatable bonds is 0. The second-order valence-corrected chi connectivity index (χ2v) is 9.26. The Morgan fingerprint density at radius 2 is 1.80 bits per heavy atom. The molecule has 2 aromatic carbocycles. The van der Waals surface area contributed by atoms with Crippen LogP contribution in [0, 0.1) is 0 Å². The van der Waals surface area contributed by atoms with Crippen molar-refractivity contribution in [3.05, 3.63) is 70.3 Å². The number of amides is 2. The van der Waals surface area contributed by atoms with Crippen LogP contribution in [0.15, 0.2) is 53.3 Å². The predicted octanol–water partition coefficient (Wildman–Crippen LogP) is 0.733. The van der Waals surface area contributed by atoms with Gasteiger partial charge in [-0.2, -0.15) is 0 Å². The van der Waals surface area contributed by atoms with E-state index in [4.69, 9.17) is 10.1 Å². The first-order valence-corrected chi connectivity index (χ1v) is 11.7. The molecule has 5 aliphatic heterocycles. The number of carbonyl (C=O) groups excluding carboxylic acids is 2. The van der Waals surface area contributed by atoms with Gasteiger partial charge in [-0.05, 0) is 32.0 Å². The Balaban J connectivity index is 0.000000727. The first-order chi connectivity index (χ1) is 16.8. The second kappa shape index (κ2) is 7.45. The van der Waals surface area contributed by atoms with Gasteiger partial charge in [0.25, 0.3) is 5.56 Å². The van der Waals surface area contributed by atoms with Crippen LogP contribution in [0.25, 0.3) is 10.9 Å². The van der Waals surface area contributed by atoms with Crippen molar-refractivity contribution in [2.75, 3.05) is 11.5 Å². The van der Waals surface area contributed by atoms with Crippen molar-refractivity contribution in [1.82, 2.24) is 19.8 Å². The number of carbonyl (C=O) groups is 2. The van der Waals surface area contributed by atoms with E-state index in [1.807, 2.05) is 24.3 Å². The smallest absolute Gasteiger partial charge is 0.262 e. The van der Waals surface area contributed by atoms with Gasteiger partial charge in [0.1, 0.15) is 24.0 Å². The van der Waals surface area contributed by atoms with Crippen LogP contribution in [-0.2, 0) is 15.2 Å². The van der Waals surface area contributed by atoms with Crippen molar-refractivity contribution in [1.29, 1.82) is 0 Å². The topological polar surface area (TPSA) is 128 Å². The number of anilines is 1. The normalized spacial score (nSPS) is 30.1. The molecule has 35 heavy (non-hydrogen) atoms. The van der Waals surface area contributed by atoms with E-state index in [0.717, 1.165) is 0 Å². The van der Waals surface area contributed by atoms with Crippen LogP contribution in [0.1, 0.15) is 43.9 Å². The summed E-state index contributed by atoms with van der Waals surface area (Å²) in [4.78, 5) is 48.3. The number of fused-ring (bicyclic) bond motifs is 4. The van der Waals surface area contributed by atoms with Crippen LogP contribution in [0.2, 0.25) is 0 Å². The minimum absolute atomic E-state index is 0.0485. The summed E-state index contributed by atoms with van der Waals surface area (Å²) in [5, 5.41) is 23.1. The van der Waals surface area contributed by atoms with E-state index in [1.54, 1.807) is 47.9 Å². The van der Waals surface area contributed by atoms with E-state index in [2.05, 4.69) is 5.32 Å². The minimum atomic E-state index is -1.51. The number of aromatic nitrogens is 2. The first-order valence-electron chi connectivity index (χ1n) is 11.7. The van der Waals surface area contributed by atoms with Gasteiger partial charge in [-0.25, -0.2) is 9.88 Å². The summed E-state index contributed by atoms with van der Waals surface area (Å²) in [6.45, 7) is 3.69. The molecule has 0 unspecified atom stereocenters. The molecular weight excluding hydrogens is 450 g/mol. The number of nitrogens with one attached hydrogen (secondary N) is 1. The first kappa shape index (κ1) is 21.9. The molecule has 2 saturated heterocycles. The predicted molar refractivity (Wildman–Crippen MR) is 126 cm³/mol. The van der Waals surface area contributed by atoms with Crippen LogP contribution in [0.5, 0.6) is 0 Å². The highest BCUT2D eigenvalue weighted by Gasteiger charge is 2.66. The van der Waals surface area contributed by atoms with Gasteiger partial charge in [0, 0.05) is 18.6 Å². The molecule has 8 rings (SSSR count). The largest absolute Gasteiger partial charge is 0.397 e. The molecule has 5 atom stereocenters. The summed E-state index contributed by atoms with van der Waals surface area (Å²) in [5.74, 6) is -0.137. The SMILES string of the molecule is CCO.C[C@H]1C(=O)N2c3ccccc3[C@@]3(O)C[C@H]4C(=O)N[C@H](c5nc6ccccc6c(=O)n54)N1[C@@H]23. The molecule has 2 bridgehead atoms. The van der Waals surface area contributed by atoms with E-state index < -0.39 is 30.0 Å². The maximum absolute atomic E-state index is 13.5. The molecule has 0 aliphatic carbocycles. The molecule has 1 aromatic heterocycles. The van der Waals surface area contributed by atoms with Crippen LogP contribution in [0.4, 0.5) is 5.69 Å². The maximum atomic E-state index is 13.5. The molecule has 5 aliphatic rings. The molecule has 3 aromatic rings. The van der Waals surface area contributed by atoms with Gasteiger partial charge in [-0.1, -0.05) is 30.3 Å². The highest BCUT2D eigenvalue weighted by molar-refractivity contribution is 6.03. The Kier molecular flexibility index (Phi) is 4.66. The van der Waals surface area contributed by atoms with Crippen molar-refractivity contribution >= 4 is 28.4 Å². The zero-order valence-electron chi connectivity index (χ0n) is 19.3. The summed E-state index contributed by atoms with van der Waals surface area (Å²) in [6, 6.07) is 12.7. The molecule has 2 amide bonds. The number of hydrogen-bond acceptors (Lipinski definition) is 7. The molecule has 180 valence electrons. The fourth-order valence-electron chi connectivity index (χ4n) is 6.03. The lowest BCUT2D eigenvalue weighted by Gasteiger charge is -2.48. The summed E-state index contributed by atoms with van der Waals surface area (Å²) in [6.07, 6.45) is -1.58. The van der Waals surface area contributed by atoms with Crippen molar-refractivity contribution in [2.45, 2.75) is 50.3 Å². The summed E-state index contributed by atoms with van der Waals surface area (Å²) in [5.41, 5.74) is -0.0647. The number of nitrogens with zero attached hydrogens (tertiary/aromatic N) is 4. The third-order valence-electron chi connectivity index (χ3n) is 7.40. The Hall–Kier alpha value is -3.60. The van der Waals surface area contributed by atoms with Gasteiger partial charge < -0.3 is 15.5 Å². The standard InChI is InChI=1S/C23H19N5O4.C2H6O/c1-11-20(30)28-15-9-5-3-7-13(15)23(32)10-16-19(29)25-18(26(11)22(23)28)17-24-14-8-4-2-6-12(14)21(31)27(16)17;1-2-3/h2-9,11,16,18,22,32H,10H2,1H3,(H,25,29);3H,2H2,1H3/t11-,16-,18-,22-,23-;/m0./s1. The van der Waals surface area contributed by atoms with E-state index in [1.165, 1.54) is 4.57 Å². The van der Waals surface area contributed by atoms with Crippen molar-refractivity contribution in [2.24, 2.45) is 0 Å². The molecule has 10 heteroatoms. The third-order valence-corrected chi connectivity index (χ3v) is 7.40. The number of benzene rings is 2. The summed E-state index contributed by atoms with van der Waals surface area (Å²) < 4.78 is 1.42. The average Bonchev–Trinajstić information content (AvgIpc) is 3.24. The van der Waals surface area contributed by atoms with Crippen LogP contribution in [0.3, 0.4) is 0 Å². The molecule has 10 nitrogen and oxygen atoms in total. The van der Waals surface area contributed by atoms with Gasteiger partial charge in [-0.3, -0.25) is 23.9 Å². The third kappa shape index (κ3) is 2.69. The lowest BCUT2D eigenvalue weighted by Crippen LogP contribution is -2.63. The number of para-hydroxylation sites is 2.